The molecule has 0 bridgehead atoms. The van der Waals surface area contributed by atoms with Crippen molar-refractivity contribution in [1.29, 1.82) is 0 Å². The number of nitrogens with one attached hydrogen (secondary N) is 1. The Balaban J connectivity index is 1.65. The molecule has 2 aromatic rings. The number of thioether (sulfide) groups is 1. The second-order valence-electron chi connectivity index (χ2n) is 5.49. The van der Waals surface area contributed by atoms with E-state index in [0.29, 0.717) is 27.7 Å². The van der Waals surface area contributed by atoms with Crippen LogP contribution in [0.3, 0.4) is 0 Å². The molecule has 0 aromatic heterocycles. The highest BCUT2D eigenvalue weighted by atomic mass is 32.2. The van der Waals surface area contributed by atoms with Gasteiger partial charge in [-0.3, -0.25) is 14.9 Å². The Morgan fingerprint density at radius 2 is 1.96 bits per heavy atom. The van der Waals surface area contributed by atoms with E-state index in [0.717, 1.165) is 17.3 Å². The van der Waals surface area contributed by atoms with Crippen LogP contribution in [-0.4, -0.2) is 35.8 Å². The van der Waals surface area contributed by atoms with Crippen LogP contribution in [0.15, 0.2) is 58.6 Å². The van der Waals surface area contributed by atoms with E-state index in [1.165, 1.54) is 0 Å². The molecule has 0 unspecified atom stereocenters. The summed E-state index contributed by atoms with van der Waals surface area (Å²) in [5.41, 5.74) is 1.81. The third kappa shape index (κ3) is 4.68. The Labute approximate surface area is 159 Å². The van der Waals surface area contributed by atoms with Crippen LogP contribution in [0.4, 0.5) is 4.79 Å². The fourth-order valence-electron chi connectivity index (χ4n) is 2.36. The van der Waals surface area contributed by atoms with Crippen LogP contribution in [-0.2, 0) is 4.79 Å². The first-order valence-electron chi connectivity index (χ1n) is 7.92. The number of methoxy groups -OCH3 is 1. The van der Waals surface area contributed by atoms with Gasteiger partial charge in [0.25, 0.3) is 11.1 Å². The highest BCUT2D eigenvalue weighted by Crippen LogP contribution is 2.26. The molecule has 2 N–H and O–H groups in total. The molecule has 3 rings (SSSR count). The standard InChI is InChI=1S/C19H16N2O5S/c1-25-15-4-2-3-13(10-15)16(21-24)11-26-14-7-5-12(6-8-14)9-17-18(22)20-19(23)27-17/h2-10,24H,11H2,1H3,(H,20,22,23). The molecule has 1 fully saturated rings. The van der Waals surface area contributed by atoms with Gasteiger partial charge in [0.1, 0.15) is 23.8 Å². The van der Waals surface area contributed by atoms with Gasteiger partial charge in [0.15, 0.2) is 0 Å². The average molecular weight is 384 g/mol. The first kappa shape index (κ1) is 18.5. The van der Waals surface area contributed by atoms with Gasteiger partial charge in [0.2, 0.25) is 0 Å². The van der Waals surface area contributed by atoms with Crippen molar-refractivity contribution < 1.29 is 24.3 Å². The molecule has 2 amide bonds. The molecular weight excluding hydrogens is 368 g/mol. The van der Waals surface area contributed by atoms with E-state index in [4.69, 9.17) is 9.47 Å². The largest absolute Gasteiger partial charge is 0.497 e. The van der Waals surface area contributed by atoms with Crippen LogP contribution in [0.2, 0.25) is 0 Å². The van der Waals surface area contributed by atoms with E-state index >= 15 is 0 Å². The molecule has 0 spiro atoms. The summed E-state index contributed by atoms with van der Waals surface area (Å²) in [4.78, 5) is 23.1. The smallest absolute Gasteiger partial charge is 0.290 e. The molecule has 2 aromatic carbocycles. The number of rotatable bonds is 6. The van der Waals surface area contributed by atoms with Crippen LogP contribution >= 0.6 is 11.8 Å². The molecule has 0 saturated carbocycles. The first-order valence-corrected chi connectivity index (χ1v) is 8.74. The lowest BCUT2D eigenvalue weighted by molar-refractivity contribution is -0.115. The van der Waals surface area contributed by atoms with Crippen LogP contribution in [0.25, 0.3) is 6.08 Å². The Morgan fingerprint density at radius 3 is 2.59 bits per heavy atom. The summed E-state index contributed by atoms with van der Waals surface area (Å²) < 4.78 is 10.8. The van der Waals surface area contributed by atoms with E-state index in [1.807, 2.05) is 0 Å². The maximum atomic E-state index is 11.6. The van der Waals surface area contributed by atoms with Gasteiger partial charge < -0.3 is 14.7 Å². The van der Waals surface area contributed by atoms with Gasteiger partial charge in [-0.15, -0.1) is 0 Å². The van der Waals surface area contributed by atoms with Crippen LogP contribution in [0.1, 0.15) is 11.1 Å². The number of carbonyl (C=O) groups excluding carboxylic acids is 2. The molecule has 1 aliphatic heterocycles. The third-order valence-corrected chi connectivity index (χ3v) is 4.53. The highest BCUT2D eigenvalue weighted by Gasteiger charge is 2.24. The highest BCUT2D eigenvalue weighted by molar-refractivity contribution is 8.18. The van der Waals surface area contributed by atoms with Crippen molar-refractivity contribution in [3.8, 4) is 11.5 Å². The minimum absolute atomic E-state index is 0.0663. The van der Waals surface area contributed by atoms with Crippen molar-refractivity contribution >= 4 is 34.7 Å². The fourth-order valence-corrected chi connectivity index (χ4v) is 3.04. The molecule has 1 aliphatic rings. The second-order valence-corrected chi connectivity index (χ2v) is 6.50. The normalized spacial score (nSPS) is 15.7. The molecule has 1 saturated heterocycles. The predicted octanol–water partition coefficient (Wildman–Crippen LogP) is 3.28. The van der Waals surface area contributed by atoms with Crippen molar-refractivity contribution in [3.63, 3.8) is 0 Å². The lowest BCUT2D eigenvalue weighted by atomic mass is 10.1. The van der Waals surface area contributed by atoms with Gasteiger partial charge >= 0.3 is 0 Å². The maximum absolute atomic E-state index is 11.6. The van der Waals surface area contributed by atoms with E-state index in [2.05, 4.69) is 10.5 Å². The quantitative estimate of drug-likeness (QED) is 0.343. The Bertz CT molecular complexity index is 922. The van der Waals surface area contributed by atoms with Gasteiger partial charge in [-0.25, -0.2) is 0 Å². The predicted molar refractivity (Wildman–Crippen MR) is 102 cm³/mol. The van der Waals surface area contributed by atoms with Crippen molar-refractivity contribution in [2.24, 2.45) is 5.16 Å². The second kappa shape index (κ2) is 8.41. The molecule has 27 heavy (non-hydrogen) atoms. The van der Waals surface area contributed by atoms with Crippen LogP contribution in [0, 0.1) is 0 Å². The molecule has 0 aliphatic carbocycles. The minimum Gasteiger partial charge on any atom is -0.497 e. The number of hydrogen-bond acceptors (Lipinski definition) is 7. The lowest BCUT2D eigenvalue weighted by Gasteiger charge is -2.09. The Hall–Kier alpha value is -3.26. The van der Waals surface area contributed by atoms with Gasteiger partial charge in [0.05, 0.1) is 12.0 Å². The van der Waals surface area contributed by atoms with E-state index in [-0.39, 0.29) is 11.8 Å². The van der Waals surface area contributed by atoms with Gasteiger partial charge in [0, 0.05) is 5.56 Å². The van der Waals surface area contributed by atoms with E-state index < -0.39 is 5.91 Å². The van der Waals surface area contributed by atoms with Crippen molar-refractivity contribution in [3.05, 3.63) is 64.6 Å². The topological polar surface area (TPSA) is 97.2 Å². The molecule has 0 atom stereocenters. The molecule has 7 nitrogen and oxygen atoms in total. The first-order chi connectivity index (χ1) is 13.1. The number of nitrogens with zero attached hydrogens (tertiary/aromatic N) is 1. The Morgan fingerprint density at radius 1 is 1.19 bits per heavy atom. The number of benzene rings is 2. The third-order valence-electron chi connectivity index (χ3n) is 3.72. The van der Waals surface area contributed by atoms with Crippen molar-refractivity contribution in [2.45, 2.75) is 0 Å². The average Bonchev–Trinajstić information content (AvgIpc) is 3.00. The van der Waals surface area contributed by atoms with E-state index in [9.17, 15) is 14.8 Å². The van der Waals surface area contributed by atoms with Gasteiger partial charge in [-0.1, -0.05) is 29.4 Å². The fraction of sp³-hybridized carbons (Fsp3) is 0.105. The number of oxime groups is 1. The molecular formula is C19H16N2O5S. The number of ether oxygens (including phenoxy) is 2. The molecule has 138 valence electrons. The van der Waals surface area contributed by atoms with Gasteiger partial charge in [-0.2, -0.15) is 0 Å². The summed E-state index contributed by atoms with van der Waals surface area (Å²) in [6.45, 7) is 0.0663. The zero-order valence-corrected chi connectivity index (χ0v) is 15.2. The summed E-state index contributed by atoms with van der Waals surface area (Å²) in [7, 11) is 1.56. The monoisotopic (exact) mass is 384 g/mol. The summed E-state index contributed by atoms with van der Waals surface area (Å²) in [5.74, 6) is 0.826. The van der Waals surface area contributed by atoms with Gasteiger partial charge in [-0.05, 0) is 47.7 Å². The number of carbonyl (C=O) groups is 2. The number of amides is 2. The zero-order chi connectivity index (χ0) is 19.2. The lowest BCUT2D eigenvalue weighted by Crippen LogP contribution is -2.17. The minimum atomic E-state index is -0.396. The van der Waals surface area contributed by atoms with Crippen molar-refractivity contribution in [1.82, 2.24) is 5.32 Å². The summed E-state index contributed by atoms with van der Waals surface area (Å²) in [6, 6.07) is 14.1. The maximum Gasteiger partial charge on any atom is 0.290 e. The van der Waals surface area contributed by atoms with Crippen LogP contribution < -0.4 is 14.8 Å². The van der Waals surface area contributed by atoms with E-state index in [1.54, 1.807) is 61.7 Å². The molecule has 8 heteroatoms. The molecule has 0 radical (unpaired) electrons. The van der Waals surface area contributed by atoms with Crippen molar-refractivity contribution in [2.75, 3.05) is 13.7 Å². The summed E-state index contributed by atoms with van der Waals surface area (Å²) >= 11 is 0.867. The number of hydrogen-bond donors (Lipinski definition) is 2. The van der Waals surface area contributed by atoms with Crippen LogP contribution in [0.5, 0.6) is 11.5 Å². The number of imide groups is 1. The zero-order valence-electron chi connectivity index (χ0n) is 14.3. The Kier molecular flexibility index (Phi) is 5.77. The summed E-state index contributed by atoms with van der Waals surface area (Å²) in [5, 5.41) is 14.4. The molecule has 1 heterocycles. The summed E-state index contributed by atoms with van der Waals surface area (Å²) in [6.07, 6.45) is 1.63. The SMILES string of the molecule is COc1cccc(C(COc2ccc(C=C3SC(=O)NC3=O)cc2)=NO)c1.